The average Bonchev–Trinajstić information content (AvgIpc) is 2.88. The molecular formula is C30H46O5. The van der Waals surface area contributed by atoms with Crippen molar-refractivity contribution in [1.82, 2.24) is 0 Å². The highest BCUT2D eigenvalue weighted by atomic mass is 16.7. The molecule has 1 aliphatic rings. The molecule has 0 saturated carbocycles. The van der Waals surface area contributed by atoms with Gasteiger partial charge in [-0.25, -0.2) is 4.79 Å². The second kappa shape index (κ2) is 17.5. The zero-order valence-corrected chi connectivity index (χ0v) is 22.1. The van der Waals surface area contributed by atoms with Crippen molar-refractivity contribution in [3.63, 3.8) is 0 Å². The molecule has 5 heteroatoms. The molecular weight excluding hydrogens is 440 g/mol. The Morgan fingerprint density at radius 1 is 0.800 bits per heavy atom. The van der Waals surface area contributed by atoms with Gasteiger partial charge < -0.3 is 18.9 Å². The van der Waals surface area contributed by atoms with Crippen LogP contribution >= 0.6 is 0 Å². The fourth-order valence-corrected chi connectivity index (χ4v) is 4.35. The fraction of sp³-hybridized carbons (Fsp3) is 0.633. The molecule has 1 aliphatic carbocycles. The molecule has 0 fully saturated rings. The largest absolute Gasteiger partial charge is 0.463 e. The molecule has 5 nitrogen and oxygen atoms in total. The zero-order chi connectivity index (χ0) is 25.2. The smallest absolute Gasteiger partial charge is 0.346 e. The van der Waals surface area contributed by atoms with Gasteiger partial charge in [-0.05, 0) is 57.7 Å². The van der Waals surface area contributed by atoms with Gasteiger partial charge >= 0.3 is 5.97 Å². The highest BCUT2D eigenvalue weighted by Gasteiger charge is 2.38. The molecule has 0 bridgehead atoms. The minimum absolute atomic E-state index is 0.0408. The summed E-state index contributed by atoms with van der Waals surface area (Å²) in [5.74, 6) is -0.193. The first-order valence-electron chi connectivity index (χ1n) is 13.6. The van der Waals surface area contributed by atoms with Gasteiger partial charge in [-0.3, -0.25) is 0 Å². The Morgan fingerprint density at radius 2 is 1.37 bits per heavy atom. The number of carbonyl (C=O) groups is 1. The fourth-order valence-electron chi connectivity index (χ4n) is 4.35. The molecule has 0 saturated heterocycles. The minimum atomic E-state index is -1.11. The van der Waals surface area contributed by atoms with Crippen LogP contribution in [0.3, 0.4) is 0 Å². The maximum atomic E-state index is 12.7. The van der Waals surface area contributed by atoms with Gasteiger partial charge in [0.2, 0.25) is 5.60 Å². The van der Waals surface area contributed by atoms with Crippen molar-refractivity contribution >= 4 is 5.97 Å². The number of rotatable bonds is 19. The van der Waals surface area contributed by atoms with Crippen LogP contribution in [0.2, 0.25) is 0 Å². The monoisotopic (exact) mass is 486 g/mol. The maximum absolute atomic E-state index is 12.7. The normalized spacial score (nSPS) is 19.4. The Bertz CT molecular complexity index is 722. The number of ether oxygens (including phenoxy) is 4. The third-order valence-corrected chi connectivity index (χ3v) is 6.26. The van der Waals surface area contributed by atoms with E-state index in [1.807, 2.05) is 63.3 Å². The lowest BCUT2D eigenvalue weighted by atomic mass is 9.88. The second-order valence-electron chi connectivity index (χ2n) is 8.97. The van der Waals surface area contributed by atoms with Gasteiger partial charge in [0.1, 0.15) is 0 Å². The highest BCUT2D eigenvalue weighted by Crippen LogP contribution is 2.30. The standard InChI is InChI=1S/C30H46O5/c1-4-32-28(33-5-2)20-16-11-9-7-8-10-12-17-25-35-30(29(31)34-6-3)23-21-27(22-24-30)26-18-14-13-15-19-26/h13-15,18-19,21-24,27-28H,4-12,16-17,20,25H2,1-3H3. The van der Waals surface area contributed by atoms with Crippen molar-refractivity contribution in [2.75, 3.05) is 26.4 Å². The topological polar surface area (TPSA) is 54.0 Å². The van der Waals surface area contributed by atoms with Gasteiger partial charge in [0.05, 0.1) is 6.61 Å². The van der Waals surface area contributed by atoms with E-state index >= 15 is 0 Å². The Hall–Kier alpha value is -1.95. The summed E-state index contributed by atoms with van der Waals surface area (Å²) < 4.78 is 22.6. The molecule has 0 N–H and O–H groups in total. The molecule has 1 aromatic carbocycles. The third-order valence-electron chi connectivity index (χ3n) is 6.26. The number of esters is 1. The highest BCUT2D eigenvalue weighted by molar-refractivity contribution is 5.85. The summed E-state index contributed by atoms with van der Waals surface area (Å²) in [5.41, 5.74) is 0.0862. The van der Waals surface area contributed by atoms with Gasteiger partial charge in [-0.2, -0.15) is 0 Å². The lowest BCUT2D eigenvalue weighted by Gasteiger charge is -2.29. The van der Waals surface area contributed by atoms with Crippen LogP contribution in [0.1, 0.15) is 90.0 Å². The molecule has 35 heavy (non-hydrogen) atoms. The molecule has 196 valence electrons. The predicted molar refractivity (Wildman–Crippen MR) is 141 cm³/mol. The van der Waals surface area contributed by atoms with Crippen molar-refractivity contribution in [2.45, 2.75) is 96.4 Å². The molecule has 0 heterocycles. The summed E-state index contributed by atoms with van der Waals surface area (Å²) in [5, 5.41) is 0. The Labute approximate surface area is 212 Å². The molecule has 2 rings (SSSR count). The summed E-state index contributed by atoms with van der Waals surface area (Å²) in [6, 6.07) is 10.3. The summed E-state index contributed by atoms with van der Waals surface area (Å²) in [6.07, 6.45) is 18.1. The second-order valence-corrected chi connectivity index (χ2v) is 8.97. The molecule has 0 aliphatic heterocycles. The van der Waals surface area contributed by atoms with E-state index in [-0.39, 0.29) is 18.2 Å². The molecule has 0 atom stereocenters. The van der Waals surface area contributed by atoms with E-state index in [4.69, 9.17) is 18.9 Å². The lowest BCUT2D eigenvalue weighted by Crippen LogP contribution is -2.41. The molecule has 0 aromatic heterocycles. The van der Waals surface area contributed by atoms with Crippen molar-refractivity contribution in [3.8, 4) is 0 Å². The summed E-state index contributed by atoms with van der Waals surface area (Å²) in [6.45, 7) is 8.14. The van der Waals surface area contributed by atoms with Crippen LogP contribution in [0, 0.1) is 0 Å². The van der Waals surface area contributed by atoms with E-state index in [0.29, 0.717) is 26.4 Å². The van der Waals surface area contributed by atoms with Crippen LogP contribution in [0.4, 0.5) is 0 Å². The van der Waals surface area contributed by atoms with Gasteiger partial charge in [-0.1, -0.05) is 81.0 Å². The maximum Gasteiger partial charge on any atom is 0.346 e. The molecule has 0 radical (unpaired) electrons. The number of benzene rings is 1. The van der Waals surface area contributed by atoms with Crippen molar-refractivity contribution in [1.29, 1.82) is 0 Å². The lowest BCUT2D eigenvalue weighted by molar-refractivity contribution is -0.160. The number of hydrogen-bond donors (Lipinski definition) is 0. The quantitative estimate of drug-likeness (QED) is 0.0901. The third kappa shape index (κ3) is 10.7. The van der Waals surface area contributed by atoms with E-state index < -0.39 is 5.60 Å². The SMILES string of the molecule is CCOC(=O)C1(OCCCCCCCCCCC(OCC)OCC)C=CC(c2ccccc2)C=C1. The molecule has 1 aromatic rings. The Morgan fingerprint density at radius 3 is 1.94 bits per heavy atom. The van der Waals surface area contributed by atoms with Crippen molar-refractivity contribution in [3.05, 3.63) is 60.2 Å². The van der Waals surface area contributed by atoms with Crippen LogP contribution in [-0.4, -0.2) is 44.3 Å². The average molecular weight is 487 g/mol. The predicted octanol–water partition coefficient (Wildman–Crippen LogP) is 7.12. The van der Waals surface area contributed by atoms with Gasteiger partial charge in [0, 0.05) is 25.7 Å². The number of allylic oxidation sites excluding steroid dienone is 2. The van der Waals surface area contributed by atoms with Crippen LogP contribution in [0.5, 0.6) is 0 Å². The number of hydrogen-bond acceptors (Lipinski definition) is 5. The van der Waals surface area contributed by atoms with E-state index in [1.165, 1.54) is 37.7 Å². The van der Waals surface area contributed by atoms with Crippen molar-refractivity contribution < 1.29 is 23.7 Å². The van der Waals surface area contributed by atoms with Crippen molar-refractivity contribution in [2.24, 2.45) is 0 Å². The van der Waals surface area contributed by atoms with E-state index in [0.717, 1.165) is 25.7 Å². The molecule has 0 unspecified atom stereocenters. The first kappa shape index (κ1) is 29.3. The summed E-state index contributed by atoms with van der Waals surface area (Å²) in [4.78, 5) is 12.7. The van der Waals surface area contributed by atoms with Crippen LogP contribution in [0.25, 0.3) is 0 Å². The number of unbranched alkanes of at least 4 members (excludes halogenated alkanes) is 7. The van der Waals surface area contributed by atoms with Crippen LogP contribution in [-0.2, 0) is 23.7 Å². The number of carbonyl (C=O) groups excluding carboxylic acids is 1. The molecule has 0 amide bonds. The zero-order valence-electron chi connectivity index (χ0n) is 22.1. The van der Waals surface area contributed by atoms with Crippen LogP contribution in [0.15, 0.2) is 54.6 Å². The van der Waals surface area contributed by atoms with Crippen LogP contribution < -0.4 is 0 Å². The Kier molecular flexibility index (Phi) is 14.6. The summed E-state index contributed by atoms with van der Waals surface area (Å²) >= 11 is 0. The first-order valence-corrected chi connectivity index (χ1v) is 13.6. The first-order chi connectivity index (χ1) is 17.1. The molecule has 0 spiro atoms. The summed E-state index contributed by atoms with van der Waals surface area (Å²) in [7, 11) is 0. The van der Waals surface area contributed by atoms with E-state index in [1.54, 1.807) is 0 Å². The minimum Gasteiger partial charge on any atom is -0.463 e. The van der Waals surface area contributed by atoms with E-state index in [9.17, 15) is 4.79 Å². The van der Waals surface area contributed by atoms with Gasteiger partial charge in [0.15, 0.2) is 6.29 Å². The Balaban J connectivity index is 1.63. The van der Waals surface area contributed by atoms with Gasteiger partial charge in [-0.15, -0.1) is 0 Å². The van der Waals surface area contributed by atoms with Gasteiger partial charge in [0.25, 0.3) is 0 Å². The van der Waals surface area contributed by atoms with E-state index in [2.05, 4.69) is 12.1 Å².